The highest BCUT2D eigenvalue weighted by Crippen LogP contribution is 2.32. The average molecular weight is 401 g/mol. The predicted molar refractivity (Wildman–Crippen MR) is 118 cm³/mol. The largest absolute Gasteiger partial charge is 0.351 e. The maximum Gasteiger partial charge on any atom is 0.140 e. The molecule has 0 radical (unpaired) electrons. The minimum atomic E-state index is 0.701. The smallest absolute Gasteiger partial charge is 0.140 e. The minimum Gasteiger partial charge on any atom is -0.351 e. The number of anilines is 1. The van der Waals surface area contributed by atoms with Gasteiger partial charge in [0.1, 0.15) is 11.6 Å². The SMILES string of the molecule is Cc1nc(N2CCc3ncc(-c4ccccc4C)cc3C2)c2cc(Cl)ccc2n1. The molecule has 3 heterocycles. The van der Waals surface area contributed by atoms with Crippen molar-refractivity contribution < 1.29 is 0 Å². The van der Waals surface area contributed by atoms with Gasteiger partial charge in [-0.25, -0.2) is 9.97 Å². The molecule has 0 saturated carbocycles. The van der Waals surface area contributed by atoms with Gasteiger partial charge in [0.05, 0.1) is 5.52 Å². The molecule has 0 spiro atoms. The zero-order chi connectivity index (χ0) is 20.0. The van der Waals surface area contributed by atoms with Crippen molar-refractivity contribution >= 4 is 28.3 Å². The van der Waals surface area contributed by atoms with Crippen molar-refractivity contribution in [1.82, 2.24) is 15.0 Å². The second kappa shape index (κ2) is 7.12. The lowest BCUT2D eigenvalue weighted by atomic mass is 9.97. The number of nitrogens with zero attached hydrogens (tertiary/aromatic N) is 4. The van der Waals surface area contributed by atoms with E-state index in [-0.39, 0.29) is 0 Å². The summed E-state index contributed by atoms with van der Waals surface area (Å²) in [6, 6.07) is 16.5. The highest BCUT2D eigenvalue weighted by molar-refractivity contribution is 6.31. The van der Waals surface area contributed by atoms with Crippen molar-refractivity contribution in [3.05, 3.63) is 82.4 Å². The van der Waals surface area contributed by atoms with Crippen LogP contribution in [0.25, 0.3) is 22.0 Å². The molecule has 4 aromatic rings. The summed E-state index contributed by atoms with van der Waals surface area (Å²) in [4.78, 5) is 16.4. The van der Waals surface area contributed by atoms with Gasteiger partial charge in [0.25, 0.3) is 0 Å². The summed E-state index contributed by atoms with van der Waals surface area (Å²) in [5, 5.41) is 1.70. The van der Waals surface area contributed by atoms with Crippen LogP contribution in [-0.2, 0) is 13.0 Å². The molecule has 0 fully saturated rings. The Morgan fingerprint density at radius 3 is 2.72 bits per heavy atom. The third-order valence-electron chi connectivity index (χ3n) is 5.54. The van der Waals surface area contributed by atoms with E-state index in [1.165, 1.54) is 22.4 Å². The van der Waals surface area contributed by atoms with Gasteiger partial charge >= 0.3 is 0 Å². The summed E-state index contributed by atoms with van der Waals surface area (Å²) < 4.78 is 0. The van der Waals surface area contributed by atoms with E-state index >= 15 is 0 Å². The van der Waals surface area contributed by atoms with Crippen molar-refractivity contribution in [2.75, 3.05) is 11.4 Å². The van der Waals surface area contributed by atoms with Gasteiger partial charge in [-0.05, 0) is 54.8 Å². The van der Waals surface area contributed by atoms with Crippen LogP contribution in [0.15, 0.2) is 54.7 Å². The molecule has 4 nitrogen and oxygen atoms in total. The van der Waals surface area contributed by atoms with Gasteiger partial charge in [0.2, 0.25) is 0 Å². The molecule has 1 aliphatic heterocycles. The molecular formula is C24H21ClN4. The lowest BCUT2D eigenvalue weighted by Gasteiger charge is -2.30. The van der Waals surface area contributed by atoms with Gasteiger partial charge < -0.3 is 4.90 Å². The fourth-order valence-electron chi connectivity index (χ4n) is 4.09. The van der Waals surface area contributed by atoms with Crippen LogP contribution in [0.5, 0.6) is 0 Å². The van der Waals surface area contributed by atoms with Crippen molar-refractivity contribution in [1.29, 1.82) is 0 Å². The number of pyridine rings is 1. The highest BCUT2D eigenvalue weighted by atomic mass is 35.5. The lowest BCUT2D eigenvalue weighted by Crippen LogP contribution is -2.32. The Morgan fingerprint density at radius 2 is 1.86 bits per heavy atom. The molecule has 1 aliphatic rings. The van der Waals surface area contributed by atoms with E-state index in [9.17, 15) is 0 Å². The van der Waals surface area contributed by atoms with Crippen LogP contribution < -0.4 is 4.90 Å². The first kappa shape index (κ1) is 18.1. The second-order valence-electron chi connectivity index (χ2n) is 7.57. The second-order valence-corrected chi connectivity index (χ2v) is 8.01. The predicted octanol–water partition coefficient (Wildman–Crippen LogP) is 5.52. The third kappa shape index (κ3) is 3.34. The van der Waals surface area contributed by atoms with Gasteiger partial charge in [-0.2, -0.15) is 0 Å². The number of hydrogen-bond donors (Lipinski definition) is 0. The first-order valence-electron chi connectivity index (χ1n) is 9.81. The molecule has 144 valence electrons. The minimum absolute atomic E-state index is 0.701. The quantitative estimate of drug-likeness (QED) is 0.444. The average Bonchev–Trinajstić information content (AvgIpc) is 2.73. The molecule has 0 atom stereocenters. The molecule has 0 aliphatic carbocycles. The van der Waals surface area contributed by atoms with Crippen molar-refractivity contribution in [2.24, 2.45) is 0 Å². The van der Waals surface area contributed by atoms with Crippen LogP contribution in [0, 0.1) is 13.8 Å². The number of aryl methyl sites for hydroxylation is 2. The van der Waals surface area contributed by atoms with E-state index in [4.69, 9.17) is 21.6 Å². The lowest BCUT2D eigenvalue weighted by molar-refractivity contribution is 0.703. The van der Waals surface area contributed by atoms with E-state index in [1.54, 1.807) is 0 Å². The van der Waals surface area contributed by atoms with Crippen LogP contribution in [0.4, 0.5) is 5.82 Å². The maximum atomic E-state index is 6.27. The molecule has 0 unspecified atom stereocenters. The molecule has 29 heavy (non-hydrogen) atoms. The van der Waals surface area contributed by atoms with Gasteiger partial charge in [-0.15, -0.1) is 0 Å². The van der Waals surface area contributed by atoms with Crippen LogP contribution in [0.2, 0.25) is 5.02 Å². The number of rotatable bonds is 2. The Morgan fingerprint density at radius 1 is 1.00 bits per heavy atom. The third-order valence-corrected chi connectivity index (χ3v) is 5.78. The summed E-state index contributed by atoms with van der Waals surface area (Å²) in [5.41, 5.74) is 7.00. The van der Waals surface area contributed by atoms with Crippen molar-refractivity contribution in [2.45, 2.75) is 26.8 Å². The number of hydrogen-bond acceptors (Lipinski definition) is 4. The number of halogens is 1. The van der Waals surface area contributed by atoms with Gasteiger partial charge in [-0.3, -0.25) is 4.98 Å². The van der Waals surface area contributed by atoms with E-state index in [0.717, 1.165) is 47.6 Å². The Balaban J connectivity index is 1.56. The number of fused-ring (bicyclic) bond motifs is 2. The fraction of sp³-hybridized carbons (Fsp3) is 0.208. The number of aromatic nitrogens is 3. The van der Waals surface area contributed by atoms with Crippen LogP contribution >= 0.6 is 11.6 Å². The first-order valence-corrected chi connectivity index (χ1v) is 10.2. The van der Waals surface area contributed by atoms with Crippen LogP contribution in [-0.4, -0.2) is 21.5 Å². The molecule has 5 heteroatoms. The summed E-state index contributed by atoms with van der Waals surface area (Å²) >= 11 is 6.27. The normalized spacial score (nSPS) is 13.6. The van der Waals surface area contributed by atoms with E-state index in [0.29, 0.717) is 5.02 Å². The molecule has 0 saturated heterocycles. The molecule has 2 aromatic carbocycles. The molecule has 5 rings (SSSR count). The summed E-state index contributed by atoms with van der Waals surface area (Å²) in [6.07, 6.45) is 2.90. The van der Waals surface area contributed by atoms with Crippen molar-refractivity contribution in [3.8, 4) is 11.1 Å². The van der Waals surface area contributed by atoms with E-state index in [2.05, 4.69) is 47.1 Å². The van der Waals surface area contributed by atoms with E-state index < -0.39 is 0 Å². The van der Waals surface area contributed by atoms with Crippen molar-refractivity contribution in [3.63, 3.8) is 0 Å². The Bertz CT molecular complexity index is 1230. The standard InChI is InChI=1S/C24H21ClN4/c1-15-5-3-4-6-20(15)17-11-18-14-29(10-9-22(18)26-13-17)24-21-12-19(25)7-8-23(21)27-16(2)28-24/h3-8,11-13H,9-10,14H2,1-2H3. The highest BCUT2D eigenvalue weighted by Gasteiger charge is 2.22. The van der Waals surface area contributed by atoms with Crippen LogP contribution in [0.1, 0.15) is 22.6 Å². The summed E-state index contributed by atoms with van der Waals surface area (Å²) in [7, 11) is 0. The Kier molecular flexibility index (Phi) is 4.44. The molecule has 0 N–H and O–H groups in total. The van der Waals surface area contributed by atoms with Gasteiger partial charge in [-0.1, -0.05) is 35.9 Å². The van der Waals surface area contributed by atoms with Gasteiger partial charge in [0.15, 0.2) is 0 Å². The summed E-state index contributed by atoms with van der Waals surface area (Å²) in [5.74, 6) is 1.72. The zero-order valence-corrected chi connectivity index (χ0v) is 17.2. The fourth-order valence-corrected chi connectivity index (χ4v) is 4.26. The molecule has 0 bridgehead atoms. The van der Waals surface area contributed by atoms with Crippen LogP contribution in [0.3, 0.4) is 0 Å². The Labute approximate surface area is 175 Å². The number of benzene rings is 2. The molecule has 0 amide bonds. The first-order chi connectivity index (χ1) is 14.1. The monoisotopic (exact) mass is 400 g/mol. The van der Waals surface area contributed by atoms with Gasteiger partial charge in [0, 0.05) is 47.4 Å². The zero-order valence-electron chi connectivity index (χ0n) is 16.5. The summed E-state index contributed by atoms with van der Waals surface area (Å²) in [6.45, 7) is 5.73. The molecular weight excluding hydrogens is 380 g/mol. The van der Waals surface area contributed by atoms with E-state index in [1.807, 2.05) is 31.3 Å². The topological polar surface area (TPSA) is 41.9 Å². The Hall–Kier alpha value is -2.98. The maximum absolute atomic E-state index is 6.27. The molecule has 2 aromatic heterocycles.